The molecule has 1 heterocycles. The largest absolute Gasteiger partial charge is 0.369 e. The third-order valence-electron chi connectivity index (χ3n) is 2.64. The minimum atomic E-state index is 0.549. The van der Waals surface area contributed by atoms with E-state index in [9.17, 15) is 0 Å². The molecule has 0 aliphatic carbocycles. The summed E-state index contributed by atoms with van der Waals surface area (Å²) in [6.45, 7) is 3.74. The lowest BCUT2D eigenvalue weighted by Gasteiger charge is -2.16. The molecule has 3 nitrogen and oxygen atoms in total. The van der Waals surface area contributed by atoms with Crippen molar-refractivity contribution in [1.82, 2.24) is 4.98 Å². The van der Waals surface area contributed by atoms with Crippen molar-refractivity contribution in [3.05, 3.63) is 22.3 Å². The summed E-state index contributed by atoms with van der Waals surface area (Å²) >= 11 is 11.8. The Kier molecular flexibility index (Phi) is 6.63. The molecular weight excluding hydrogens is 257 g/mol. The highest BCUT2D eigenvalue weighted by Crippen LogP contribution is 2.23. The van der Waals surface area contributed by atoms with Gasteiger partial charge >= 0.3 is 0 Å². The predicted molar refractivity (Wildman–Crippen MR) is 74.8 cm³/mol. The maximum atomic E-state index is 6.03. The number of hydrogen-bond donors (Lipinski definition) is 2. The quantitative estimate of drug-likeness (QED) is 0.800. The molecule has 3 N–H and O–H groups in total. The maximum Gasteiger partial charge on any atom is 0.144 e. The third-order valence-corrected chi connectivity index (χ3v) is 3.13. The molecule has 0 saturated heterocycles. The molecule has 0 amide bonds. The van der Waals surface area contributed by atoms with Crippen LogP contribution in [-0.2, 0) is 0 Å². The van der Waals surface area contributed by atoms with Crippen LogP contribution in [0.3, 0.4) is 0 Å². The van der Waals surface area contributed by atoms with Crippen LogP contribution in [0.5, 0.6) is 0 Å². The van der Waals surface area contributed by atoms with Gasteiger partial charge < -0.3 is 11.1 Å². The number of rotatable bonds is 7. The lowest BCUT2D eigenvalue weighted by Crippen LogP contribution is -2.18. The van der Waals surface area contributed by atoms with Crippen molar-refractivity contribution >= 4 is 29.0 Å². The predicted octanol–water partition coefficient (Wildman–Crippen LogP) is 3.57. The van der Waals surface area contributed by atoms with Gasteiger partial charge in [0.05, 0.1) is 10.0 Å². The first kappa shape index (κ1) is 14.6. The fourth-order valence-electron chi connectivity index (χ4n) is 1.78. The Bertz CT molecular complexity index is 339. The summed E-state index contributed by atoms with van der Waals surface area (Å²) in [6, 6.07) is 1.69. The van der Waals surface area contributed by atoms with Gasteiger partial charge in [-0.15, -0.1) is 0 Å². The minimum Gasteiger partial charge on any atom is -0.369 e. The Morgan fingerprint density at radius 1 is 1.41 bits per heavy atom. The molecule has 17 heavy (non-hydrogen) atoms. The van der Waals surface area contributed by atoms with Crippen LogP contribution in [0.25, 0.3) is 0 Å². The SMILES string of the molecule is CCCC(CCN)CNc1ncc(Cl)cc1Cl. The maximum absolute atomic E-state index is 6.03. The Morgan fingerprint density at radius 2 is 2.18 bits per heavy atom. The first-order valence-electron chi connectivity index (χ1n) is 5.92. The zero-order valence-corrected chi connectivity index (χ0v) is 11.6. The zero-order valence-electron chi connectivity index (χ0n) is 10.0. The van der Waals surface area contributed by atoms with Gasteiger partial charge in [0.2, 0.25) is 0 Å². The van der Waals surface area contributed by atoms with Crippen LogP contribution in [0.1, 0.15) is 26.2 Å². The molecule has 0 fully saturated rings. The highest BCUT2D eigenvalue weighted by Gasteiger charge is 2.08. The van der Waals surface area contributed by atoms with E-state index in [4.69, 9.17) is 28.9 Å². The van der Waals surface area contributed by atoms with Crippen molar-refractivity contribution in [1.29, 1.82) is 0 Å². The molecule has 0 aliphatic rings. The number of pyridine rings is 1. The monoisotopic (exact) mass is 275 g/mol. The Hall–Kier alpha value is -0.510. The Morgan fingerprint density at radius 3 is 2.76 bits per heavy atom. The Balaban J connectivity index is 2.52. The van der Waals surface area contributed by atoms with Crippen LogP contribution in [0, 0.1) is 5.92 Å². The second kappa shape index (κ2) is 7.75. The molecule has 96 valence electrons. The van der Waals surface area contributed by atoms with Crippen molar-refractivity contribution < 1.29 is 0 Å². The van der Waals surface area contributed by atoms with Gasteiger partial charge in [-0.25, -0.2) is 4.98 Å². The van der Waals surface area contributed by atoms with Crippen molar-refractivity contribution in [3.63, 3.8) is 0 Å². The number of nitrogens with one attached hydrogen (secondary N) is 1. The molecule has 1 unspecified atom stereocenters. The minimum absolute atomic E-state index is 0.549. The Labute approximate surface area is 113 Å². The van der Waals surface area contributed by atoms with E-state index in [1.54, 1.807) is 12.3 Å². The second-order valence-electron chi connectivity index (χ2n) is 4.10. The smallest absolute Gasteiger partial charge is 0.144 e. The summed E-state index contributed by atoms with van der Waals surface area (Å²) in [5.74, 6) is 1.26. The molecule has 1 aromatic rings. The second-order valence-corrected chi connectivity index (χ2v) is 4.94. The van der Waals surface area contributed by atoms with Crippen LogP contribution >= 0.6 is 23.2 Å². The van der Waals surface area contributed by atoms with Crippen molar-refractivity contribution in [2.45, 2.75) is 26.2 Å². The first-order chi connectivity index (χ1) is 8.17. The lowest BCUT2D eigenvalue weighted by atomic mass is 10.00. The van der Waals surface area contributed by atoms with E-state index in [0.717, 1.165) is 25.8 Å². The number of aromatic nitrogens is 1. The molecule has 5 heteroatoms. The summed E-state index contributed by atoms with van der Waals surface area (Å²) in [6.07, 6.45) is 4.93. The topological polar surface area (TPSA) is 50.9 Å². The van der Waals surface area contributed by atoms with Crippen molar-refractivity contribution in [2.75, 3.05) is 18.4 Å². The van der Waals surface area contributed by atoms with Gasteiger partial charge in [-0.05, 0) is 31.4 Å². The molecule has 0 spiro atoms. The number of halogens is 2. The van der Waals surface area contributed by atoms with Gasteiger partial charge in [0.25, 0.3) is 0 Å². The molecule has 1 aromatic heterocycles. The van der Waals surface area contributed by atoms with E-state index in [2.05, 4.69) is 17.2 Å². The normalized spacial score (nSPS) is 12.5. The molecule has 0 saturated carbocycles. The molecular formula is C12H19Cl2N3. The van der Waals surface area contributed by atoms with Crippen molar-refractivity contribution in [2.24, 2.45) is 11.7 Å². The molecule has 0 aromatic carbocycles. The summed E-state index contributed by atoms with van der Waals surface area (Å²) in [7, 11) is 0. The van der Waals surface area contributed by atoms with E-state index in [1.807, 2.05) is 0 Å². The van der Waals surface area contributed by atoms with Crippen LogP contribution in [0.4, 0.5) is 5.82 Å². The summed E-state index contributed by atoms with van der Waals surface area (Å²) in [5.41, 5.74) is 5.59. The summed E-state index contributed by atoms with van der Waals surface area (Å²) in [4.78, 5) is 4.16. The zero-order chi connectivity index (χ0) is 12.7. The molecule has 0 bridgehead atoms. The van der Waals surface area contributed by atoms with Gasteiger partial charge in [-0.3, -0.25) is 0 Å². The van der Waals surface area contributed by atoms with Crippen LogP contribution in [0.15, 0.2) is 12.3 Å². The van der Waals surface area contributed by atoms with E-state index in [-0.39, 0.29) is 0 Å². The fourth-order valence-corrected chi connectivity index (χ4v) is 2.22. The average molecular weight is 276 g/mol. The number of anilines is 1. The van der Waals surface area contributed by atoms with Gasteiger partial charge in [0.15, 0.2) is 0 Å². The molecule has 1 rings (SSSR count). The van der Waals surface area contributed by atoms with E-state index in [1.165, 1.54) is 0 Å². The highest BCUT2D eigenvalue weighted by molar-refractivity contribution is 6.35. The summed E-state index contributed by atoms with van der Waals surface area (Å²) in [5, 5.41) is 4.36. The number of nitrogens with zero attached hydrogens (tertiary/aromatic N) is 1. The molecule has 1 atom stereocenters. The van der Waals surface area contributed by atoms with E-state index in [0.29, 0.717) is 28.3 Å². The summed E-state index contributed by atoms with van der Waals surface area (Å²) < 4.78 is 0. The van der Waals surface area contributed by atoms with Crippen LogP contribution in [-0.4, -0.2) is 18.1 Å². The first-order valence-corrected chi connectivity index (χ1v) is 6.68. The average Bonchev–Trinajstić information content (AvgIpc) is 2.28. The van der Waals surface area contributed by atoms with Gasteiger partial charge in [0.1, 0.15) is 5.82 Å². The van der Waals surface area contributed by atoms with Gasteiger partial charge in [0, 0.05) is 12.7 Å². The van der Waals surface area contributed by atoms with E-state index >= 15 is 0 Å². The number of nitrogens with two attached hydrogens (primary N) is 1. The van der Waals surface area contributed by atoms with Crippen LogP contribution < -0.4 is 11.1 Å². The van der Waals surface area contributed by atoms with E-state index < -0.39 is 0 Å². The molecule has 0 radical (unpaired) electrons. The lowest BCUT2D eigenvalue weighted by molar-refractivity contribution is 0.473. The molecule has 0 aliphatic heterocycles. The van der Waals surface area contributed by atoms with Gasteiger partial charge in [-0.2, -0.15) is 0 Å². The van der Waals surface area contributed by atoms with Crippen LogP contribution in [0.2, 0.25) is 10.0 Å². The van der Waals surface area contributed by atoms with Gasteiger partial charge in [-0.1, -0.05) is 36.5 Å². The standard InChI is InChI=1S/C12H19Cl2N3/c1-2-3-9(4-5-15)7-16-12-11(14)6-10(13)8-17-12/h6,8-9H,2-5,7,15H2,1H3,(H,16,17). The highest BCUT2D eigenvalue weighted by atomic mass is 35.5. The fraction of sp³-hybridized carbons (Fsp3) is 0.583. The third kappa shape index (κ3) is 5.11. The van der Waals surface area contributed by atoms with Crippen molar-refractivity contribution in [3.8, 4) is 0 Å². The number of hydrogen-bond acceptors (Lipinski definition) is 3.